The number of hydrogen-bond donors (Lipinski definition) is 2. The van der Waals surface area contributed by atoms with Gasteiger partial charge in [0.05, 0.1) is 11.9 Å². The zero-order valence-corrected chi connectivity index (χ0v) is 12.7. The Hall–Kier alpha value is -2.30. The van der Waals surface area contributed by atoms with Crippen molar-refractivity contribution in [2.24, 2.45) is 5.73 Å². The van der Waals surface area contributed by atoms with E-state index in [4.69, 9.17) is 5.73 Å². The van der Waals surface area contributed by atoms with Crippen molar-refractivity contribution < 1.29 is 4.79 Å². The summed E-state index contributed by atoms with van der Waals surface area (Å²) in [5, 5.41) is 7.46. The summed E-state index contributed by atoms with van der Waals surface area (Å²) < 4.78 is 1.53. The summed E-state index contributed by atoms with van der Waals surface area (Å²) in [6, 6.07) is 8.77. The molecule has 0 aliphatic carbocycles. The molecule has 1 atom stereocenters. The van der Waals surface area contributed by atoms with Crippen molar-refractivity contribution in [2.75, 3.05) is 5.32 Å². The molecule has 0 saturated carbocycles. The van der Waals surface area contributed by atoms with E-state index < -0.39 is 5.91 Å². The number of hydrogen-bond acceptors (Lipinski definition) is 3. The third-order valence-electron chi connectivity index (χ3n) is 3.44. The van der Waals surface area contributed by atoms with Gasteiger partial charge < -0.3 is 11.1 Å². The fourth-order valence-corrected chi connectivity index (χ4v) is 2.19. The Kier molecular flexibility index (Phi) is 4.62. The smallest absolute Gasteiger partial charge is 0.239 e. The van der Waals surface area contributed by atoms with Crippen LogP contribution in [-0.2, 0) is 11.3 Å². The summed E-state index contributed by atoms with van der Waals surface area (Å²) in [7, 11) is 0. The van der Waals surface area contributed by atoms with Gasteiger partial charge in [0.25, 0.3) is 0 Å². The Morgan fingerprint density at radius 1 is 1.24 bits per heavy atom. The van der Waals surface area contributed by atoms with Crippen LogP contribution in [0.25, 0.3) is 0 Å². The van der Waals surface area contributed by atoms with Crippen molar-refractivity contribution >= 4 is 11.6 Å². The van der Waals surface area contributed by atoms with Crippen LogP contribution in [0.2, 0.25) is 0 Å². The molecule has 0 fully saturated rings. The highest BCUT2D eigenvalue weighted by atomic mass is 16.1. The molecule has 0 aliphatic rings. The molecule has 5 heteroatoms. The van der Waals surface area contributed by atoms with Crippen molar-refractivity contribution in [3.8, 4) is 0 Å². The van der Waals surface area contributed by atoms with Gasteiger partial charge >= 0.3 is 0 Å². The van der Waals surface area contributed by atoms with Crippen molar-refractivity contribution in [3.63, 3.8) is 0 Å². The van der Waals surface area contributed by atoms with Gasteiger partial charge in [-0.15, -0.1) is 0 Å². The van der Waals surface area contributed by atoms with Crippen LogP contribution in [-0.4, -0.2) is 15.7 Å². The monoisotopic (exact) mass is 286 g/mol. The quantitative estimate of drug-likeness (QED) is 0.857. The zero-order valence-electron chi connectivity index (χ0n) is 12.7. The molecule has 21 heavy (non-hydrogen) atoms. The normalized spacial score (nSPS) is 12.4. The molecule has 112 valence electrons. The summed E-state index contributed by atoms with van der Waals surface area (Å²) in [6.07, 6.45) is 3.48. The maximum absolute atomic E-state index is 10.8. The number of amides is 1. The molecule has 2 rings (SSSR count). The van der Waals surface area contributed by atoms with Crippen LogP contribution in [0.5, 0.6) is 0 Å². The Bertz CT molecular complexity index is 601. The lowest BCUT2D eigenvalue weighted by atomic mass is 9.99. The highest BCUT2D eigenvalue weighted by molar-refractivity contribution is 5.73. The lowest BCUT2D eigenvalue weighted by Gasteiger charge is -2.15. The second-order valence-corrected chi connectivity index (χ2v) is 5.58. The zero-order chi connectivity index (χ0) is 15.4. The molecular weight excluding hydrogens is 264 g/mol. The predicted octanol–water partition coefficient (Wildman–Crippen LogP) is 2.66. The average molecular weight is 286 g/mol. The van der Waals surface area contributed by atoms with Gasteiger partial charge in [-0.2, -0.15) is 5.10 Å². The molecule has 1 aromatic carbocycles. The number of benzene rings is 1. The van der Waals surface area contributed by atoms with Crippen LogP contribution in [0.1, 0.15) is 43.9 Å². The topological polar surface area (TPSA) is 72.9 Å². The number of anilines is 1. The van der Waals surface area contributed by atoms with Crippen molar-refractivity contribution in [1.82, 2.24) is 9.78 Å². The summed E-state index contributed by atoms with van der Waals surface area (Å²) in [5.41, 5.74) is 8.56. The van der Waals surface area contributed by atoms with Gasteiger partial charge in [-0.05, 0) is 24.0 Å². The second-order valence-electron chi connectivity index (χ2n) is 5.58. The Morgan fingerprint density at radius 3 is 2.43 bits per heavy atom. The highest BCUT2D eigenvalue weighted by Gasteiger charge is 2.08. The standard InChI is InChI=1S/C16H22N4O/c1-11(2)13-4-6-14(7-5-13)12(3)19-15-8-18-20(9-15)10-16(17)21/h4-9,11-12,19H,10H2,1-3H3,(H2,17,21). The summed E-state index contributed by atoms with van der Waals surface area (Å²) in [6.45, 7) is 6.56. The molecule has 1 aromatic heterocycles. The first kappa shape index (κ1) is 15.1. The van der Waals surface area contributed by atoms with Gasteiger partial charge in [0.15, 0.2) is 0 Å². The minimum Gasteiger partial charge on any atom is -0.376 e. The van der Waals surface area contributed by atoms with Crippen LogP contribution in [0.15, 0.2) is 36.7 Å². The van der Waals surface area contributed by atoms with Crippen LogP contribution < -0.4 is 11.1 Å². The van der Waals surface area contributed by atoms with E-state index in [9.17, 15) is 4.79 Å². The third-order valence-corrected chi connectivity index (χ3v) is 3.44. The molecule has 0 spiro atoms. The Labute approximate surface area is 125 Å². The average Bonchev–Trinajstić information content (AvgIpc) is 2.85. The van der Waals surface area contributed by atoms with Gasteiger partial charge in [0.1, 0.15) is 6.54 Å². The molecule has 1 amide bonds. The van der Waals surface area contributed by atoms with E-state index in [1.807, 2.05) is 0 Å². The minimum atomic E-state index is -0.401. The van der Waals surface area contributed by atoms with E-state index >= 15 is 0 Å². The minimum absolute atomic E-state index is 0.0964. The van der Waals surface area contributed by atoms with Crippen molar-refractivity contribution in [1.29, 1.82) is 0 Å². The fraction of sp³-hybridized carbons (Fsp3) is 0.375. The summed E-state index contributed by atoms with van der Waals surface area (Å²) in [4.78, 5) is 10.8. The van der Waals surface area contributed by atoms with Crippen molar-refractivity contribution in [2.45, 2.75) is 39.3 Å². The van der Waals surface area contributed by atoms with E-state index in [-0.39, 0.29) is 12.6 Å². The first-order valence-corrected chi connectivity index (χ1v) is 7.13. The molecule has 5 nitrogen and oxygen atoms in total. The van der Waals surface area contributed by atoms with Gasteiger partial charge in [-0.1, -0.05) is 38.1 Å². The molecule has 1 unspecified atom stereocenters. The maximum Gasteiger partial charge on any atom is 0.239 e. The predicted molar refractivity (Wildman–Crippen MR) is 84.0 cm³/mol. The largest absolute Gasteiger partial charge is 0.376 e. The van der Waals surface area contributed by atoms with E-state index in [1.54, 1.807) is 12.4 Å². The Morgan fingerprint density at radius 2 is 1.86 bits per heavy atom. The maximum atomic E-state index is 10.8. The number of nitrogens with two attached hydrogens (primary N) is 1. The number of aromatic nitrogens is 2. The number of carbonyl (C=O) groups excluding carboxylic acids is 1. The van der Waals surface area contributed by atoms with E-state index in [1.165, 1.54) is 15.8 Å². The fourth-order valence-electron chi connectivity index (χ4n) is 2.19. The van der Waals surface area contributed by atoms with Gasteiger partial charge in [0.2, 0.25) is 5.91 Å². The van der Waals surface area contributed by atoms with Gasteiger partial charge in [-0.3, -0.25) is 9.48 Å². The number of carbonyl (C=O) groups is 1. The van der Waals surface area contributed by atoms with E-state index in [2.05, 4.69) is 55.5 Å². The molecule has 3 N–H and O–H groups in total. The molecule has 2 aromatic rings. The van der Waals surface area contributed by atoms with Crippen LogP contribution in [0, 0.1) is 0 Å². The molecule has 0 saturated heterocycles. The van der Waals surface area contributed by atoms with Gasteiger partial charge in [-0.25, -0.2) is 0 Å². The van der Waals surface area contributed by atoms with E-state index in [0.717, 1.165) is 5.69 Å². The number of rotatable bonds is 6. The molecule has 1 heterocycles. The second kappa shape index (κ2) is 6.43. The SMILES string of the molecule is CC(C)c1ccc(C(C)Nc2cnn(CC(N)=O)c2)cc1. The van der Waals surface area contributed by atoms with Gasteiger partial charge in [0, 0.05) is 12.2 Å². The first-order chi connectivity index (χ1) is 9.95. The first-order valence-electron chi connectivity index (χ1n) is 7.13. The summed E-state index contributed by atoms with van der Waals surface area (Å²) in [5.74, 6) is 0.135. The van der Waals surface area contributed by atoms with Crippen LogP contribution in [0.3, 0.4) is 0 Å². The Balaban J connectivity index is 2.01. The molecule has 0 radical (unpaired) electrons. The lowest BCUT2D eigenvalue weighted by Crippen LogP contribution is -2.18. The highest BCUT2D eigenvalue weighted by Crippen LogP contribution is 2.21. The summed E-state index contributed by atoms with van der Waals surface area (Å²) >= 11 is 0. The van der Waals surface area contributed by atoms with Crippen LogP contribution in [0.4, 0.5) is 5.69 Å². The number of nitrogens with zero attached hydrogens (tertiary/aromatic N) is 2. The van der Waals surface area contributed by atoms with E-state index in [0.29, 0.717) is 5.92 Å². The van der Waals surface area contributed by atoms with Crippen molar-refractivity contribution in [3.05, 3.63) is 47.8 Å². The molecule has 0 aliphatic heterocycles. The lowest BCUT2D eigenvalue weighted by molar-refractivity contribution is -0.118. The molecular formula is C16H22N4O. The number of primary amides is 1. The third kappa shape index (κ3) is 4.08. The van der Waals surface area contributed by atoms with Crippen LogP contribution >= 0.6 is 0 Å². The number of nitrogens with one attached hydrogen (secondary N) is 1. The molecule has 0 bridgehead atoms.